The van der Waals surface area contributed by atoms with E-state index >= 15 is 0 Å². The number of nitrogens with zero attached hydrogens (tertiary/aromatic N) is 2. The average Bonchev–Trinajstić information content (AvgIpc) is 3.97. The summed E-state index contributed by atoms with van der Waals surface area (Å²) in [4.78, 5) is 2.35. The van der Waals surface area contributed by atoms with Gasteiger partial charge in [-0.1, -0.05) is 188 Å². The fourth-order valence-corrected chi connectivity index (χ4v) is 10.1. The number of para-hydroxylation sites is 3. The number of fused-ring (bicyclic) bond motifs is 6. The summed E-state index contributed by atoms with van der Waals surface area (Å²) < 4.78 is 8.60. The molecule has 0 aliphatic heterocycles. The van der Waals surface area contributed by atoms with Crippen LogP contribution in [0.5, 0.6) is 0 Å². The topological polar surface area (TPSA) is 21.3 Å². The lowest BCUT2D eigenvalue weighted by atomic mass is 9.98. The molecule has 0 saturated heterocycles. The van der Waals surface area contributed by atoms with Gasteiger partial charge < -0.3 is 13.9 Å². The molecule has 0 atom stereocenters. The van der Waals surface area contributed by atoms with Crippen LogP contribution in [0.25, 0.3) is 105 Å². The van der Waals surface area contributed by atoms with Gasteiger partial charge in [-0.2, -0.15) is 0 Å². The van der Waals surface area contributed by atoms with Crippen molar-refractivity contribution in [1.29, 1.82) is 0 Å². The Morgan fingerprint density at radius 1 is 0.246 bits per heavy atom. The molecule has 3 nitrogen and oxygen atoms in total. The highest BCUT2D eigenvalue weighted by atomic mass is 16.3. The van der Waals surface area contributed by atoms with Crippen molar-refractivity contribution in [2.75, 3.05) is 4.90 Å². The molecule has 2 aromatic heterocycles. The number of hydrogen-bond acceptors (Lipinski definition) is 2. The zero-order valence-corrected chi connectivity index (χ0v) is 37.7. The summed E-state index contributed by atoms with van der Waals surface area (Å²) in [6.45, 7) is 0. The fraction of sp³-hybridized carbons (Fsp3) is 0. The van der Waals surface area contributed by atoms with Crippen LogP contribution in [0.3, 0.4) is 0 Å². The summed E-state index contributed by atoms with van der Waals surface area (Å²) in [5.41, 5.74) is 20.3. The van der Waals surface area contributed by atoms with Gasteiger partial charge in [-0.25, -0.2) is 0 Å². The van der Waals surface area contributed by atoms with Crippen LogP contribution in [0, 0.1) is 0 Å². The standard InChI is InChI=1S/C66H44N2O/c1-2-12-45(13-3-1)47-32-37-55(38-33-47)67(57-16-10-14-52(42-57)50-28-30-51(31-29-50)54-36-41-62-61-20-6-9-23-65(61)69-66(62)44-54)56-39-34-48(35-40-56)46-24-26-49(27-25-46)53-15-11-17-58(43-53)68-63-21-7-4-18-59(63)60-19-5-8-22-64(60)68/h1-44H. The van der Waals surface area contributed by atoms with Gasteiger partial charge in [0.25, 0.3) is 0 Å². The van der Waals surface area contributed by atoms with Crippen LogP contribution < -0.4 is 4.90 Å². The average molecular weight is 881 g/mol. The van der Waals surface area contributed by atoms with Crippen molar-refractivity contribution in [3.05, 3.63) is 267 Å². The molecule has 0 aliphatic rings. The molecule has 0 amide bonds. The lowest BCUT2D eigenvalue weighted by Crippen LogP contribution is -2.10. The summed E-state index contributed by atoms with van der Waals surface area (Å²) in [6.07, 6.45) is 0. The lowest BCUT2D eigenvalue weighted by molar-refractivity contribution is 0.669. The number of rotatable bonds is 9. The molecule has 2 heterocycles. The van der Waals surface area contributed by atoms with Crippen molar-refractivity contribution in [2.45, 2.75) is 0 Å². The highest BCUT2D eigenvalue weighted by Crippen LogP contribution is 2.40. The van der Waals surface area contributed by atoms with E-state index < -0.39 is 0 Å². The number of furan rings is 1. The molecule has 0 saturated carbocycles. The second-order valence-corrected chi connectivity index (χ2v) is 17.7. The highest BCUT2D eigenvalue weighted by Gasteiger charge is 2.16. The van der Waals surface area contributed by atoms with Crippen LogP contribution in [-0.2, 0) is 0 Å². The second-order valence-electron chi connectivity index (χ2n) is 17.7. The first-order valence-electron chi connectivity index (χ1n) is 23.6. The van der Waals surface area contributed by atoms with E-state index in [0.717, 1.165) is 72.5 Å². The maximum Gasteiger partial charge on any atom is 0.136 e. The quantitative estimate of drug-likeness (QED) is 0.144. The van der Waals surface area contributed by atoms with Gasteiger partial charge in [0.05, 0.1) is 11.0 Å². The molecule has 0 spiro atoms. The molecule has 13 rings (SSSR count). The zero-order valence-electron chi connectivity index (χ0n) is 37.7. The van der Waals surface area contributed by atoms with Crippen molar-refractivity contribution in [2.24, 2.45) is 0 Å². The van der Waals surface area contributed by atoms with Gasteiger partial charge in [-0.3, -0.25) is 0 Å². The Kier molecular flexibility index (Phi) is 9.84. The third-order valence-corrected chi connectivity index (χ3v) is 13.6. The van der Waals surface area contributed by atoms with E-state index in [4.69, 9.17) is 4.42 Å². The molecule has 0 bridgehead atoms. The van der Waals surface area contributed by atoms with Crippen molar-refractivity contribution >= 4 is 60.8 Å². The van der Waals surface area contributed by atoms with E-state index in [1.54, 1.807) is 0 Å². The predicted molar refractivity (Wildman–Crippen MR) is 290 cm³/mol. The Hall–Kier alpha value is -9.18. The van der Waals surface area contributed by atoms with E-state index in [9.17, 15) is 0 Å². The molecule has 0 fully saturated rings. The van der Waals surface area contributed by atoms with Gasteiger partial charge in [0, 0.05) is 44.3 Å². The molecule has 0 aliphatic carbocycles. The number of hydrogen-bond donors (Lipinski definition) is 0. The minimum atomic E-state index is 0.905. The third-order valence-electron chi connectivity index (χ3n) is 13.6. The van der Waals surface area contributed by atoms with Gasteiger partial charge in [0.1, 0.15) is 11.2 Å². The lowest BCUT2D eigenvalue weighted by Gasteiger charge is -2.26. The number of benzene rings is 11. The summed E-state index contributed by atoms with van der Waals surface area (Å²) >= 11 is 0. The summed E-state index contributed by atoms with van der Waals surface area (Å²) in [7, 11) is 0. The monoisotopic (exact) mass is 880 g/mol. The van der Waals surface area contributed by atoms with Gasteiger partial charge in [-0.05, 0) is 134 Å². The molecule has 69 heavy (non-hydrogen) atoms. The van der Waals surface area contributed by atoms with Gasteiger partial charge in [0.15, 0.2) is 0 Å². The van der Waals surface area contributed by atoms with Crippen molar-refractivity contribution in [3.8, 4) is 61.3 Å². The van der Waals surface area contributed by atoms with Crippen LogP contribution in [0.2, 0.25) is 0 Å². The predicted octanol–water partition coefficient (Wildman–Crippen LogP) is 18.5. The maximum absolute atomic E-state index is 6.22. The van der Waals surface area contributed by atoms with Crippen LogP contribution in [0.15, 0.2) is 271 Å². The zero-order chi connectivity index (χ0) is 45.7. The van der Waals surface area contributed by atoms with Gasteiger partial charge >= 0.3 is 0 Å². The Morgan fingerprint density at radius 2 is 0.652 bits per heavy atom. The summed E-state index contributed by atoms with van der Waals surface area (Å²) in [6, 6.07) is 96.1. The molecule has 0 radical (unpaired) electrons. The highest BCUT2D eigenvalue weighted by molar-refractivity contribution is 6.09. The van der Waals surface area contributed by atoms with Gasteiger partial charge in [-0.15, -0.1) is 0 Å². The number of aromatic nitrogens is 1. The summed E-state index contributed by atoms with van der Waals surface area (Å²) in [5.74, 6) is 0. The van der Waals surface area contributed by atoms with E-state index in [2.05, 4.69) is 264 Å². The van der Waals surface area contributed by atoms with Crippen molar-refractivity contribution in [1.82, 2.24) is 4.57 Å². The molecule has 0 unspecified atom stereocenters. The maximum atomic E-state index is 6.22. The Morgan fingerprint density at radius 3 is 1.25 bits per heavy atom. The first kappa shape index (κ1) is 40.1. The smallest absolute Gasteiger partial charge is 0.136 e. The molecule has 324 valence electrons. The first-order valence-corrected chi connectivity index (χ1v) is 23.6. The fourth-order valence-electron chi connectivity index (χ4n) is 10.1. The van der Waals surface area contributed by atoms with E-state index in [1.807, 2.05) is 12.1 Å². The van der Waals surface area contributed by atoms with Crippen LogP contribution in [0.4, 0.5) is 17.1 Å². The van der Waals surface area contributed by atoms with Gasteiger partial charge in [0.2, 0.25) is 0 Å². The Bertz CT molecular complexity index is 3920. The van der Waals surface area contributed by atoms with Crippen LogP contribution in [0.1, 0.15) is 0 Å². The van der Waals surface area contributed by atoms with Crippen molar-refractivity contribution < 1.29 is 4.42 Å². The molecule has 13 aromatic rings. The second kappa shape index (κ2) is 16.9. The molecular formula is C66H44N2O. The van der Waals surface area contributed by atoms with Crippen LogP contribution >= 0.6 is 0 Å². The summed E-state index contributed by atoms with van der Waals surface area (Å²) in [5, 5.41) is 4.82. The Balaban J connectivity index is 0.803. The van der Waals surface area contributed by atoms with Crippen LogP contribution in [-0.4, -0.2) is 4.57 Å². The molecule has 11 aromatic carbocycles. The molecular weight excluding hydrogens is 837 g/mol. The SMILES string of the molecule is c1ccc(-c2ccc(N(c3ccc(-c4ccc(-c5cccc(-n6c7ccccc7c7ccccc76)c5)cc4)cc3)c3cccc(-c4ccc(-c5ccc6c(c5)oc5ccccc56)cc4)c3)cc2)cc1. The molecule has 3 heteroatoms. The van der Waals surface area contributed by atoms with Crippen molar-refractivity contribution in [3.63, 3.8) is 0 Å². The Labute approximate surface area is 401 Å². The minimum Gasteiger partial charge on any atom is -0.456 e. The largest absolute Gasteiger partial charge is 0.456 e. The minimum absolute atomic E-state index is 0.905. The van der Waals surface area contributed by atoms with E-state index in [-0.39, 0.29) is 0 Å². The normalized spacial score (nSPS) is 11.5. The third kappa shape index (κ3) is 7.34. The first-order chi connectivity index (χ1) is 34.2. The molecule has 0 N–H and O–H groups in total. The number of anilines is 3. The van der Waals surface area contributed by atoms with E-state index in [1.165, 1.54) is 49.6 Å². The van der Waals surface area contributed by atoms with E-state index in [0.29, 0.717) is 0 Å².